The zero-order valence-corrected chi connectivity index (χ0v) is 40.2. The highest BCUT2D eigenvalue weighted by Crippen LogP contribution is 2.39. The maximum atomic E-state index is 13.8. The van der Waals surface area contributed by atoms with Gasteiger partial charge in [0, 0.05) is 112 Å². The Morgan fingerprint density at radius 2 is 1.61 bits per heavy atom. The first kappa shape index (κ1) is 45.3. The van der Waals surface area contributed by atoms with E-state index in [4.69, 9.17) is 10.7 Å². The van der Waals surface area contributed by atoms with Crippen LogP contribution in [0.4, 0.5) is 5.82 Å². The number of carbonyl (C=O) groups excluding carboxylic acids is 3. The van der Waals surface area contributed by atoms with Crippen molar-refractivity contribution < 1.29 is 14.4 Å². The van der Waals surface area contributed by atoms with Gasteiger partial charge in [-0.05, 0) is 149 Å². The quantitative estimate of drug-likeness (QED) is 0.135. The lowest BCUT2D eigenvalue weighted by Gasteiger charge is -2.42. The predicted octanol–water partition coefficient (Wildman–Crippen LogP) is 6.65. The van der Waals surface area contributed by atoms with E-state index in [1.807, 2.05) is 35.2 Å². The van der Waals surface area contributed by atoms with E-state index in [1.54, 1.807) is 4.57 Å². The molecular formula is C54H65N11O4. The van der Waals surface area contributed by atoms with Crippen molar-refractivity contribution in [3.8, 4) is 11.1 Å². The first-order valence-electron chi connectivity index (χ1n) is 25.3. The lowest BCUT2D eigenvalue weighted by molar-refractivity contribution is -0.135. The summed E-state index contributed by atoms with van der Waals surface area (Å²) in [5, 5.41) is 3.55. The monoisotopic (exact) mass is 932 g/mol. The third-order valence-electron chi connectivity index (χ3n) is 16.3. The minimum atomic E-state index is -0.670. The number of aryl methyl sites for hydroxylation is 1. The van der Waals surface area contributed by atoms with Gasteiger partial charge in [0.2, 0.25) is 11.8 Å². The molecule has 6 aromatic rings. The van der Waals surface area contributed by atoms with Crippen LogP contribution in [-0.2, 0) is 23.2 Å². The number of carbonyl (C=O) groups is 3. The van der Waals surface area contributed by atoms with Crippen molar-refractivity contribution >= 4 is 45.6 Å². The molecule has 3 N–H and O–H groups in total. The van der Waals surface area contributed by atoms with E-state index in [9.17, 15) is 19.2 Å². The predicted molar refractivity (Wildman–Crippen MR) is 268 cm³/mol. The first-order valence-corrected chi connectivity index (χ1v) is 25.3. The number of hydrogen-bond acceptors (Lipinski definition) is 10. The van der Waals surface area contributed by atoms with Gasteiger partial charge in [-0.25, -0.2) is 14.8 Å². The zero-order chi connectivity index (χ0) is 47.5. The number of amides is 3. The minimum Gasteiger partial charge on any atom is -0.384 e. The molecule has 0 bridgehead atoms. The van der Waals surface area contributed by atoms with Crippen LogP contribution in [0.5, 0.6) is 0 Å². The number of rotatable bonds is 11. The van der Waals surface area contributed by atoms with Crippen LogP contribution < -0.4 is 16.7 Å². The molecule has 69 heavy (non-hydrogen) atoms. The summed E-state index contributed by atoms with van der Waals surface area (Å²) in [6.07, 6.45) is 10.4. The summed E-state index contributed by atoms with van der Waals surface area (Å²) in [5.74, 6) is 1.02. The van der Waals surface area contributed by atoms with Gasteiger partial charge < -0.3 is 15.2 Å². The molecule has 15 nitrogen and oxygen atoms in total. The Hall–Kier alpha value is -6.16. The summed E-state index contributed by atoms with van der Waals surface area (Å²) in [4.78, 5) is 71.1. The van der Waals surface area contributed by atoms with Crippen LogP contribution in [0.1, 0.15) is 116 Å². The van der Waals surface area contributed by atoms with Gasteiger partial charge in [-0.3, -0.25) is 43.5 Å². The Bertz CT molecular complexity index is 2950. The number of fused-ring (bicyclic) bond motifs is 2. The molecule has 5 aliphatic rings. The number of likely N-dealkylation sites (tertiary alicyclic amines) is 2. The average Bonchev–Trinajstić information content (AvgIpc) is 4.08. The molecule has 1 saturated carbocycles. The summed E-state index contributed by atoms with van der Waals surface area (Å²) in [7, 11) is 2.12. The van der Waals surface area contributed by atoms with Crippen LogP contribution in [0.25, 0.3) is 33.2 Å². The van der Waals surface area contributed by atoms with Crippen molar-refractivity contribution in [2.75, 3.05) is 58.1 Å². The van der Waals surface area contributed by atoms with Gasteiger partial charge in [-0.2, -0.15) is 0 Å². The molecule has 3 atom stereocenters. The summed E-state index contributed by atoms with van der Waals surface area (Å²) in [6.45, 7) is 13.0. The number of imidazole rings is 1. The fourth-order valence-corrected chi connectivity index (χ4v) is 12.0. The molecule has 8 heterocycles. The highest BCUT2D eigenvalue weighted by atomic mass is 16.2. The number of nitrogen functional groups attached to an aromatic ring is 1. The fourth-order valence-electron chi connectivity index (χ4n) is 12.0. The van der Waals surface area contributed by atoms with E-state index in [0.717, 1.165) is 142 Å². The molecule has 2 aromatic carbocycles. The van der Waals surface area contributed by atoms with Gasteiger partial charge in [-0.1, -0.05) is 18.2 Å². The van der Waals surface area contributed by atoms with Gasteiger partial charge in [0.25, 0.3) is 5.91 Å². The lowest BCUT2D eigenvalue weighted by atomic mass is 9.88. The number of benzene rings is 2. The van der Waals surface area contributed by atoms with Crippen molar-refractivity contribution in [3.63, 3.8) is 0 Å². The number of piperidine rings is 3. The average molecular weight is 932 g/mol. The highest BCUT2D eigenvalue weighted by Gasteiger charge is 2.36. The van der Waals surface area contributed by atoms with E-state index >= 15 is 0 Å². The second-order valence-corrected chi connectivity index (χ2v) is 20.7. The van der Waals surface area contributed by atoms with Gasteiger partial charge in [0.1, 0.15) is 17.5 Å². The van der Waals surface area contributed by atoms with Crippen molar-refractivity contribution in [2.45, 2.75) is 102 Å². The molecule has 15 heteroatoms. The van der Waals surface area contributed by atoms with Crippen molar-refractivity contribution in [3.05, 3.63) is 112 Å². The number of piperazine rings is 1. The Labute approximate surface area is 403 Å². The number of nitrogens with zero attached hydrogens (tertiary/aromatic N) is 9. The number of hydrogen-bond donors (Lipinski definition) is 2. The van der Waals surface area contributed by atoms with Crippen LogP contribution in [-0.4, -0.2) is 119 Å². The third kappa shape index (κ3) is 8.89. The molecule has 5 fully saturated rings. The summed E-state index contributed by atoms with van der Waals surface area (Å²) >= 11 is 0. The number of nitrogens with one attached hydrogen (secondary N) is 1. The number of anilines is 1. The molecule has 0 spiro atoms. The number of aromatic nitrogens is 5. The molecule has 0 unspecified atom stereocenters. The first-order chi connectivity index (χ1) is 33.5. The third-order valence-corrected chi connectivity index (χ3v) is 16.3. The number of nitrogens with two attached hydrogens (primary N) is 1. The smallest absolute Gasteiger partial charge is 0.330 e. The van der Waals surface area contributed by atoms with Crippen LogP contribution in [0.3, 0.4) is 0 Å². The van der Waals surface area contributed by atoms with Crippen LogP contribution in [0, 0.1) is 5.92 Å². The number of imide groups is 1. The standard InChI is InChI=1S/C54H65N11O4/c1-34-31-60(32-37-4-12-45-48(28-37)64(42-10-11-42)54(69)65(45)46-13-15-50(66)58-52(46)67)26-27-63(34)33-36-17-22-62(23-18-36)53(68)40-7-5-38(6-8-40)39-19-24-61(25-20-39)35(2)47-29-44-43(16-21-56-51(44)59(47)3)41-9-14-49(55)57-30-41/h4-9,12,14,16,21,28-30,34-36,39,42,46H,10-11,13,15,17-20,22-27,31-33H2,1-3H3,(H2,55,57)(H,58,66,67)/t34-,35-,46-/m0/s1. The molecule has 4 aromatic heterocycles. The Kier molecular flexibility index (Phi) is 12.2. The normalized spacial score (nSPS) is 22.2. The largest absolute Gasteiger partial charge is 0.384 e. The van der Waals surface area contributed by atoms with Crippen LogP contribution in [0.2, 0.25) is 0 Å². The van der Waals surface area contributed by atoms with Gasteiger partial charge in [0.15, 0.2) is 0 Å². The molecule has 4 saturated heterocycles. The van der Waals surface area contributed by atoms with E-state index < -0.39 is 11.9 Å². The second-order valence-electron chi connectivity index (χ2n) is 20.7. The highest BCUT2D eigenvalue weighted by molar-refractivity contribution is 6.00. The van der Waals surface area contributed by atoms with Gasteiger partial charge in [0.05, 0.1) is 11.0 Å². The van der Waals surface area contributed by atoms with Crippen molar-refractivity contribution in [1.82, 2.24) is 48.6 Å². The molecule has 3 amide bonds. The topological polar surface area (TPSA) is 160 Å². The summed E-state index contributed by atoms with van der Waals surface area (Å²) in [5.41, 5.74) is 15.0. The lowest BCUT2D eigenvalue weighted by Crippen LogP contribution is -2.53. The Balaban J connectivity index is 0.645. The molecule has 1 aliphatic carbocycles. The van der Waals surface area contributed by atoms with E-state index in [0.29, 0.717) is 30.1 Å². The molecule has 0 radical (unpaired) electrons. The molecule has 360 valence electrons. The SMILES string of the molecule is C[C@H]1CN(Cc2ccc3c(c2)n(C2CC2)c(=O)n3[C@H]2CCC(=O)NC2=O)CCN1CC1CCN(C(=O)c2ccc(C3CCN([C@@H](C)c4cc5c(-c6ccc(N)nc6)ccnc5n4C)CC3)cc2)CC1. The van der Waals surface area contributed by atoms with Crippen LogP contribution >= 0.6 is 0 Å². The maximum Gasteiger partial charge on any atom is 0.330 e. The van der Waals surface area contributed by atoms with Crippen LogP contribution in [0.15, 0.2) is 83.9 Å². The van der Waals surface area contributed by atoms with E-state index in [-0.39, 0.29) is 36.0 Å². The van der Waals surface area contributed by atoms with Gasteiger partial charge >= 0.3 is 5.69 Å². The fraction of sp³-hybridized carbons (Fsp3) is 0.481. The van der Waals surface area contributed by atoms with Crippen molar-refractivity contribution in [2.24, 2.45) is 13.0 Å². The maximum absolute atomic E-state index is 13.8. The Morgan fingerprint density at radius 1 is 0.826 bits per heavy atom. The second kappa shape index (κ2) is 18.6. The Morgan fingerprint density at radius 3 is 2.32 bits per heavy atom. The summed E-state index contributed by atoms with van der Waals surface area (Å²) in [6, 6.07) is 23.1. The zero-order valence-electron chi connectivity index (χ0n) is 40.2. The van der Waals surface area contributed by atoms with E-state index in [2.05, 4.69) is 104 Å². The molecule has 4 aliphatic heterocycles. The molecular weight excluding hydrogens is 867 g/mol. The summed E-state index contributed by atoms with van der Waals surface area (Å²) < 4.78 is 5.74. The van der Waals surface area contributed by atoms with Gasteiger partial charge in [-0.15, -0.1) is 0 Å². The van der Waals surface area contributed by atoms with Crippen molar-refractivity contribution in [1.29, 1.82) is 0 Å². The minimum absolute atomic E-state index is 0.144. The number of pyridine rings is 2. The van der Waals surface area contributed by atoms with E-state index in [1.165, 1.54) is 11.3 Å². The molecule has 11 rings (SSSR count).